The van der Waals surface area contributed by atoms with Crippen LogP contribution in [0, 0.1) is 19.7 Å². The van der Waals surface area contributed by atoms with Gasteiger partial charge in [-0.05, 0) is 43.7 Å². The van der Waals surface area contributed by atoms with Crippen molar-refractivity contribution in [2.24, 2.45) is 0 Å². The molecule has 2 aromatic rings. The number of methoxy groups -OCH3 is 1. The molecular formula is C18H20FNO3S. The lowest BCUT2D eigenvalue weighted by Gasteiger charge is -2.25. The number of hydrogen-bond donors (Lipinski definition) is 0. The molecule has 0 atom stereocenters. The van der Waals surface area contributed by atoms with E-state index >= 15 is 0 Å². The lowest BCUT2D eigenvalue weighted by Crippen LogP contribution is -2.31. The molecule has 0 saturated carbocycles. The van der Waals surface area contributed by atoms with E-state index in [1.54, 1.807) is 6.07 Å². The monoisotopic (exact) mass is 349 g/mol. The van der Waals surface area contributed by atoms with Crippen LogP contribution in [-0.2, 0) is 10.0 Å². The topological polar surface area (TPSA) is 46.6 Å². The van der Waals surface area contributed by atoms with Crippen LogP contribution in [0.1, 0.15) is 11.1 Å². The van der Waals surface area contributed by atoms with Crippen LogP contribution in [0.5, 0.6) is 5.75 Å². The molecule has 0 aliphatic heterocycles. The summed E-state index contributed by atoms with van der Waals surface area (Å²) < 4.78 is 46.0. The highest BCUT2D eigenvalue weighted by molar-refractivity contribution is 7.92. The van der Waals surface area contributed by atoms with Gasteiger partial charge in [-0.1, -0.05) is 23.8 Å². The van der Waals surface area contributed by atoms with Gasteiger partial charge in [-0.25, -0.2) is 12.8 Å². The van der Waals surface area contributed by atoms with E-state index in [9.17, 15) is 12.8 Å². The molecule has 0 aromatic heterocycles. The van der Waals surface area contributed by atoms with E-state index in [0.717, 1.165) is 17.2 Å². The average molecular weight is 349 g/mol. The van der Waals surface area contributed by atoms with Gasteiger partial charge in [-0.2, -0.15) is 0 Å². The SMILES string of the molecule is C=CCN(c1ccc(C)cc1C)S(=O)(=O)c1ccc(OC)c(F)c1. The highest BCUT2D eigenvalue weighted by Gasteiger charge is 2.26. The van der Waals surface area contributed by atoms with Crippen LogP contribution in [0.4, 0.5) is 10.1 Å². The molecule has 128 valence electrons. The van der Waals surface area contributed by atoms with Gasteiger partial charge >= 0.3 is 0 Å². The molecule has 0 radical (unpaired) electrons. The Kier molecular flexibility index (Phi) is 5.29. The van der Waals surface area contributed by atoms with Crippen LogP contribution in [0.15, 0.2) is 53.9 Å². The molecule has 0 spiro atoms. The van der Waals surface area contributed by atoms with E-state index in [1.807, 2.05) is 26.0 Å². The normalized spacial score (nSPS) is 11.2. The van der Waals surface area contributed by atoms with Gasteiger partial charge in [0, 0.05) is 0 Å². The second-order valence-electron chi connectivity index (χ2n) is 5.41. The number of anilines is 1. The highest BCUT2D eigenvalue weighted by Crippen LogP contribution is 2.29. The molecule has 0 bridgehead atoms. The van der Waals surface area contributed by atoms with Crippen molar-refractivity contribution >= 4 is 15.7 Å². The molecule has 2 rings (SSSR count). The van der Waals surface area contributed by atoms with Gasteiger partial charge in [0.15, 0.2) is 11.6 Å². The molecule has 0 fully saturated rings. The number of hydrogen-bond acceptors (Lipinski definition) is 3. The summed E-state index contributed by atoms with van der Waals surface area (Å²) in [6, 6.07) is 9.07. The summed E-state index contributed by atoms with van der Waals surface area (Å²) in [6.45, 7) is 7.48. The maximum absolute atomic E-state index is 13.9. The zero-order valence-electron chi connectivity index (χ0n) is 13.9. The van der Waals surface area contributed by atoms with Gasteiger partial charge in [0.25, 0.3) is 10.0 Å². The fourth-order valence-electron chi connectivity index (χ4n) is 2.46. The summed E-state index contributed by atoms with van der Waals surface area (Å²) in [6.07, 6.45) is 1.50. The first-order valence-electron chi connectivity index (χ1n) is 7.35. The molecule has 0 saturated heterocycles. The molecule has 0 N–H and O–H groups in total. The fourth-order valence-corrected chi connectivity index (χ4v) is 3.98. The number of aryl methyl sites for hydroxylation is 2. The van der Waals surface area contributed by atoms with E-state index in [4.69, 9.17) is 4.74 Å². The van der Waals surface area contributed by atoms with E-state index in [0.29, 0.717) is 5.69 Å². The molecule has 4 nitrogen and oxygen atoms in total. The standard InChI is InChI=1S/C18H20FNO3S/c1-5-10-20(17-8-6-13(2)11-14(17)3)24(21,22)15-7-9-18(23-4)16(19)12-15/h5-9,11-12H,1,10H2,2-4H3. The van der Waals surface area contributed by atoms with Gasteiger partial charge in [-0.3, -0.25) is 4.31 Å². The summed E-state index contributed by atoms with van der Waals surface area (Å²) >= 11 is 0. The Hall–Kier alpha value is -2.34. The maximum Gasteiger partial charge on any atom is 0.264 e. The van der Waals surface area contributed by atoms with Crippen molar-refractivity contribution in [2.45, 2.75) is 18.7 Å². The number of halogens is 1. The Labute approximate surface area is 142 Å². The van der Waals surface area contributed by atoms with Crippen molar-refractivity contribution in [1.29, 1.82) is 0 Å². The van der Waals surface area contributed by atoms with Gasteiger partial charge in [0.05, 0.1) is 24.2 Å². The van der Waals surface area contributed by atoms with Crippen LogP contribution in [0.25, 0.3) is 0 Å². The van der Waals surface area contributed by atoms with Crippen molar-refractivity contribution in [1.82, 2.24) is 0 Å². The first-order chi connectivity index (χ1) is 11.3. The van der Waals surface area contributed by atoms with E-state index in [2.05, 4.69) is 6.58 Å². The quantitative estimate of drug-likeness (QED) is 0.745. The molecule has 0 amide bonds. The summed E-state index contributed by atoms with van der Waals surface area (Å²) in [5.74, 6) is -0.728. The fraction of sp³-hybridized carbons (Fsp3) is 0.222. The number of ether oxygens (including phenoxy) is 1. The largest absolute Gasteiger partial charge is 0.494 e. The van der Waals surface area contributed by atoms with E-state index < -0.39 is 15.8 Å². The number of sulfonamides is 1. The van der Waals surface area contributed by atoms with E-state index in [-0.39, 0.29) is 17.2 Å². The number of benzene rings is 2. The minimum Gasteiger partial charge on any atom is -0.494 e. The summed E-state index contributed by atoms with van der Waals surface area (Å²) in [5.41, 5.74) is 2.38. The molecule has 0 heterocycles. The van der Waals surface area contributed by atoms with Gasteiger partial charge in [0.2, 0.25) is 0 Å². The second kappa shape index (κ2) is 7.05. The van der Waals surface area contributed by atoms with Crippen LogP contribution in [-0.4, -0.2) is 22.1 Å². The van der Waals surface area contributed by atoms with Crippen molar-refractivity contribution in [3.05, 3.63) is 66.0 Å². The van der Waals surface area contributed by atoms with Gasteiger partial charge in [-0.15, -0.1) is 6.58 Å². The lowest BCUT2D eigenvalue weighted by molar-refractivity contribution is 0.385. The van der Waals surface area contributed by atoms with Crippen LogP contribution < -0.4 is 9.04 Å². The molecule has 0 unspecified atom stereocenters. The Bertz CT molecular complexity index is 863. The first-order valence-corrected chi connectivity index (χ1v) is 8.79. The van der Waals surface area contributed by atoms with Crippen molar-refractivity contribution in [3.63, 3.8) is 0 Å². The number of nitrogens with zero attached hydrogens (tertiary/aromatic N) is 1. The average Bonchev–Trinajstić information content (AvgIpc) is 2.53. The Morgan fingerprint density at radius 1 is 1.21 bits per heavy atom. The molecular weight excluding hydrogens is 329 g/mol. The Balaban J connectivity index is 2.57. The Morgan fingerprint density at radius 2 is 1.92 bits per heavy atom. The highest BCUT2D eigenvalue weighted by atomic mass is 32.2. The predicted molar refractivity (Wildman–Crippen MR) is 93.6 cm³/mol. The van der Waals surface area contributed by atoms with Crippen LogP contribution in [0.3, 0.4) is 0 Å². The summed E-state index contributed by atoms with van der Waals surface area (Å²) in [5, 5.41) is 0. The second-order valence-corrected chi connectivity index (χ2v) is 7.27. The molecule has 6 heteroatoms. The van der Waals surface area contributed by atoms with Crippen LogP contribution in [0.2, 0.25) is 0 Å². The van der Waals surface area contributed by atoms with E-state index in [1.165, 1.54) is 29.6 Å². The van der Waals surface area contributed by atoms with Crippen molar-refractivity contribution in [3.8, 4) is 5.75 Å². The van der Waals surface area contributed by atoms with Gasteiger partial charge < -0.3 is 4.74 Å². The third-order valence-electron chi connectivity index (χ3n) is 3.63. The summed E-state index contributed by atoms with van der Waals surface area (Å²) in [7, 11) is -2.61. The lowest BCUT2D eigenvalue weighted by atomic mass is 10.1. The first kappa shape index (κ1) is 18.0. The molecule has 2 aromatic carbocycles. The van der Waals surface area contributed by atoms with Crippen molar-refractivity contribution in [2.75, 3.05) is 18.0 Å². The third-order valence-corrected chi connectivity index (χ3v) is 5.40. The van der Waals surface area contributed by atoms with Crippen molar-refractivity contribution < 1.29 is 17.5 Å². The third kappa shape index (κ3) is 3.43. The van der Waals surface area contributed by atoms with Crippen LogP contribution >= 0.6 is 0 Å². The Morgan fingerprint density at radius 3 is 2.46 bits per heavy atom. The van der Waals surface area contributed by atoms with Gasteiger partial charge in [0.1, 0.15) is 0 Å². The smallest absolute Gasteiger partial charge is 0.264 e. The minimum absolute atomic E-state index is 0.00395. The zero-order chi connectivity index (χ0) is 17.9. The minimum atomic E-state index is -3.93. The maximum atomic E-state index is 13.9. The molecule has 24 heavy (non-hydrogen) atoms. The molecule has 0 aliphatic carbocycles. The molecule has 0 aliphatic rings. The number of rotatable bonds is 6. The predicted octanol–water partition coefficient (Wildman–Crippen LogP) is 3.83. The summed E-state index contributed by atoms with van der Waals surface area (Å²) in [4.78, 5) is -0.136. The zero-order valence-corrected chi connectivity index (χ0v) is 14.7.